The standard InChI is InChI=1S/C17H26O4/c1-19-15-12-11-14(13-16(15)20-2)9-7-5-4-6-8-10-17(18)21-3/h11-13H,4-10H2,1-3H3. The molecule has 1 aromatic rings. The van der Waals surface area contributed by atoms with E-state index < -0.39 is 0 Å². The van der Waals surface area contributed by atoms with E-state index in [4.69, 9.17) is 9.47 Å². The van der Waals surface area contributed by atoms with Crippen LogP contribution in [0.1, 0.15) is 44.1 Å². The molecule has 0 radical (unpaired) electrons. The molecule has 0 atom stereocenters. The van der Waals surface area contributed by atoms with Gasteiger partial charge in [-0.25, -0.2) is 0 Å². The Balaban J connectivity index is 2.19. The predicted octanol–water partition coefficient (Wildman–Crippen LogP) is 3.76. The lowest BCUT2D eigenvalue weighted by molar-refractivity contribution is -0.140. The second-order valence-electron chi connectivity index (χ2n) is 5.03. The van der Waals surface area contributed by atoms with Crippen LogP contribution in [-0.2, 0) is 16.0 Å². The van der Waals surface area contributed by atoms with E-state index in [0.29, 0.717) is 6.42 Å². The van der Waals surface area contributed by atoms with Crippen molar-refractivity contribution in [1.82, 2.24) is 0 Å². The molecule has 1 aromatic carbocycles. The van der Waals surface area contributed by atoms with Gasteiger partial charge in [-0.15, -0.1) is 0 Å². The molecule has 0 heterocycles. The van der Waals surface area contributed by atoms with Gasteiger partial charge in [0, 0.05) is 6.42 Å². The van der Waals surface area contributed by atoms with Gasteiger partial charge in [0.2, 0.25) is 0 Å². The molecule has 0 amide bonds. The number of ether oxygens (including phenoxy) is 3. The molecule has 1 rings (SSSR count). The molecule has 0 bridgehead atoms. The Morgan fingerprint density at radius 3 is 2.24 bits per heavy atom. The maximum Gasteiger partial charge on any atom is 0.305 e. The summed E-state index contributed by atoms with van der Waals surface area (Å²) in [6.45, 7) is 0. The van der Waals surface area contributed by atoms with Crippen LogP contribution in [-0.4, -0.2) is 27.3 Å². The number of aryl methyl sites for hydroxylation is 1. The molecule has 0 fully saturated rings. The third-order valence-electron chi connectivity index (χ3n) is 3.52. The fourth-order valence-corrected chi connectivity index (χ4v) is 2.27. The van der Waals surface area contributed by atoms with Crippen molar-refractivity contribution in [3.63, 3.8) is 0 Å². The normalized spacial score (nSPS) is 10.2. The summed E-state index contributed by atoms with van der Waals surface area (Å²) >= 11 is 0. The van der Waals surface area contributed by atoms with Gasteiger partial charge in [-0.2, -0.15) is 0 Å². The quantitative estimate of drug-likeness (QED) is 0.487. The molecule has 0 unspecified atom stereocenters. The number of carbonyl (C=O) groups is 1. The van der Waals surface area contributed by atoms with Crippen molar-refractivity contribution >= 4 is 5.97 Å². The summed E-state index contributed by atoms with van der Waals surface area (Å²) < 4.78 is 15.1. The van der Waals surface area contributed by atoms with Crippen molar-refractivity contribution in [2.45, 2.75) is 44.9 Å². The first-order chi connectivity index (χ1) is 10.2. The number of hydrogen-bond acceptors (Lipinski definition) is 4. The first-order valence-electron chi connectivity index (χ1n) is 7.49. The van der Waals surface area contributed by atoms with Crippen molar-refractivity contribution in [1.29, 1.82) is 0 Å². The number of methoxy groups -OCH3 is 3. The van der Waals surface area contributed by atoms with Crippen LogP contribution in [0.5, 0.6) is 11.5 Å². The van der Waals surface area contributed by atoms with Crippen LogP contribution >= 0.6 is 0 Å². The maximum atomic E-state index is 11.0. The van der Waals surface area contributed by atoms with Crippen molar-refractivity contribution in [3.8, 4) is 11.5 Å². The van der Waals surface area contributed by atoms with Gasteiger partial charge in [-0.05, 0) is 37.0 Å². The molecule has 0 saturated heterocycles. The van der Waals surface area contributed by atoms with Gasteiger partial charge in [0.05, 0.1) is 21.3 Å². The Hall–Kier alpha value is -1.71. The minimum absolute atomic E-state index is 0.111. The zero-order chi connectivity index (χ0) is 15.5. The van der Waals surface area contributed by atoms with Gasteiger partial charge in [-0.1, -0.05) is 25.3 Å². The van der Waals surface area contributed by atoms with Crippen molar-refractivity contribution in [3.05, 3.63) is 23.8 Å². The van der Waals surface area contributed by atoms with E-state index in [2.05, 4.69) is 10.8 Å². The molecule has 0 N–H and O–H groups in total. The van der Waals surface area contributed by atoms with Gasteiger partial charge in [0.25, 0.3) is 0 Å². The molecule has 0 spiro atoms. The third-order valence-corrected chi connectivity index (χ3v) is 3.52. The molecule has 118 valence electrons. The second kappa shape index (κ2) is 10.1. The molecule has 0 aliphatic heterocycles. The molecule has 0 aliphatic rings. The van der Waals surface area contributed by atoms with Crippen LogP contribution in [0, 0.1) is 0 Å². The summed E-state index contributed by atoms with van der Waals surface area (Å²) in [4.78, 5) is 11.0. The number of unbranched alkanes of at least 4 members (excludes halogenated alkanes) is 4. The Bertz CT molecular complexity index is 429. The van der Waals surface area contributed by atoms with Gasteiger partial charge >= 0.3 is 5.97 Å². The number of esters is 1. The largest absolute Gasteiger partial charge is 0.493 e. The van der Waals surface area contributed by atoms with Crippen LogP contribution in [0.4, 0.5) is 0 Å². The monoisotopic (exact) mass is 294 g/mol. The molecule has 0 aromatic heterocycles. The average molecular weight is 294 g/mol. The van der Waals surface area contributed by atoms with E-state index in [-0.39, 0.29) is 5.97 Å². The molecular weight excluding hydrogens is 268 g/mol. The average Bonchev–Trinajstić information content (AvgIpc) is 2.53. The van der Waals surface area contributed by atoms with E-state index in [1.54, 1.807) is 14.2 Å². The van der Waals surface area contributed by atoms with Gasteiger partial charge < -0.3 is 14.2 Å². The highest BCUT2D eigenvalue weighted by molar-refractivity contribution is 5.68. The van der Waals surface area contributed by atoms with Crippen LogP contribution in [0.3, 0.4) is 0 Å². The number of benzene rings is 1. The first-order valence-corrected chi connectivity index (χ1v) is 7.49. The van der Waals surface area contributed by atoms with E-state index in [1.165, 1.54) is 19.1 Å². The molecule has 0 saturated carbocycles. The molecule has 0 aliphatic carbocycles. The zero-order valence-electron chi connectivity index (χ0n) is 13.3. The lowest BCUT2D eigenvalue weighted by Crippen LogP contribution is -1.99. The first kappa shape index (κ1) is 17.3. The van der Waals surface area contributed by atoms with E-state index >= 15 is 0 Å². The van der Waals surface area contributed by atoms with E-state index in [1.807, 2.05) is 12.1 Å². The second-order valence-corrected chi connectivity index (χ2v) is 5.03. The molecule has 21 heavy (non-hydrogen) atoms. The predicted molar refractivity (Wildman–Crippen MR) is 83.0 cm³/mol. The highest BCUT2D eigenvalue weighted by Gasteiger charge is 2.04. The highest BCUT2D eigenvalue weighted by Crippen LogP contribution is 2.28. The van der Waals surface area contributed by atoms with Crippen LogP contribution in [0.15, 0.2) is 18.2 Å². The SMILES string of the molecule is COC(=O)CCCCCCCc1ccc(OC)c(OC)c1. The lowest BCUT2D eigenvalue weighted by Gasteiger charge is -2.09. The fraction of sp³-hybridized carbons (Fsp3) is 0.588. The smallest absolute Gasteiger partial charge is 0.305 e. The lowest BCUT2D eigenvalue weighted by atomic mass is 10.0. The van der Waals surface area contributed by atoms with Crippen LogP contribution in [0.25, 0.3) is 0 Å². The van der Waals surface area contributed by atoms with Gasteiger partial charge in [0.1, 0.15) is 0 Å². The minimum Gasteiger partial charge on any atom is -0.493 e. The minimum atomic E-state index is -0.111. The van der Waals surface area contributed by atoms with Gasteiger partial charge in [0.15, 0.2) is 11.5 Å². The van der Waals surface area contributed by atoms with E-state index in [9.17, 15) is 4.79 Å². The number of carbonyl (C=O) groups excluding carboxylic acids is 1. The summed E-state index contributed by atoms with van der Waals surface area (Å²) in [5, 5.41) is 0. The van der Waals surface area contributed by atoms with Crippen molar-refractivity contribution in [2.24, 2.45) is 0 Å². The molecule has 4 nitrogen and oxygen atoms in total. The van der Waals surface area contributed by atoms with Crippen LogP contribution < -0.4 is 9.47 Å². The molecular formula is C17H26O4. The fourth-order valence-electron chi connectivity index (χ4n) is 2.27. The topological polar surface area (TPSA) is 44.8 Å². The highest BCUT2D eigenvalue weighted by atomic mass is 16.5. The Kier molecular flexibility index (Phi) is 8.32. The number of hydrogen-bond donors (Lipinski definition) is 0. The Morgan fingerprint density at radius 1 is 0.905 bits per heavy atom. The third kappa shape index (κ3) is 6.52. The van der Waals surface area contributed by atoms with Gasteiger partial charge in [-0.3, -0.25) is 4.79 Å². The Labute approximate surface area is 127 Å². The van der Waals surface area contributed by atoms with Crippen molar-refractivity contribution < 1.29 is 19.0 Å². The van der Waals surface area contributed by atoms with Crippen molar-refractivity contribution in [2.75, 3.05) is 21.3 Å². The Morgan fingerprint density at radius 2 is 1.57 bits per heavy atom. The summed E-state index contributed by atoms with van der Waals surface area (Å²) in [6.07, 6.45) is 7.06. The van der Waals surface area contributed by atoms with Crippen LogP contribution in [0.2, 0.25) is 0 Å². The maximum absolute atomic E-state index is 11.0. The number of rotatable bonds is 10. The summed E-state index contributed by atoms with van der Waals surface area (Å²) in [7, 11) is 4.74. The van der Waals surface area contributed by atoms with E-state index in [0.717, 1.165) is 43.6 Å². The summed E-state index contributed by atoms with van der Waals surface area (Å²) in [6, 6.07) is 6.07. The zero-order valence-corrected chi connectivity index (χ0v) is 13.3. The summed E-state index contributed by atoms with van der Waals surface area (Å²) in [5.41, 5.74) is 1.27. The molecule has 4 heteroatoms. The summed E-state index contributed by atoms with van der Waals surface area (Å²) in [5.74, 6) is 1.44.